The van der Waals surface area contributed by atoms with Crippen molar-refractivity contribution >= 4 is 15.9 Å². The van der Waals surface area contributed by atoms with Crippen LogP contribution in [-0.2, 0) is 6.54 Å². The minimum Gasteiger partial charge on any atom is -0.329 e. The van der Waals surface area contributed by atoms with Crippen LogP contribution in [0.1, 0.15) is 25.0 Å². The molecule has 0 saturated carbocycles. The second-order valence-corrected chi connectivity index (χ2v) is 5.35. The highest BCUT2D eigenvalue weighted by molar-refractivity contribution is 9.10. The van der Waals surface area contributed by atoms with E-state index in [0.29, 0.717) is 18.5 Å². The minimum atomic E-state index is 0.387. The highest BCUT2D eigenvalue weighted by Crippen LogP contribution is 2.19. The van der Waals surface area contributed by atoms with Gasteiger partial charge in [-0.1, -0.05) is 41.9 Å². The number of hydrogen-bond donors (Lipinski definition) is 2. The Labute approximate surface area is 107 Å². The molecule has 0 fully saturated rings. The van der Waals surface area contributed by atoms with Crippen molar-refractivity contribution in [1.82, 2.24) is 5.32 Å². The van der Waals surface area contributed by atoms with Gasteiger partial charge in [0.2, 0.25) is 0 Å². The summed E-state index contributed by atoms with van der Waals surface area (Å²) in [5.41, 5.74) is 8.36. The smallest absolute Gasteiger partial charge is 0.0216 e. The first-order chi connectivity index (χ1) is 7.56. The van der Waals surface area contributed by atoms with Crippen molar-refractivity contribution in [3.05, 3.63) is 33.8 Å². The third kappa shape index (κ3) is 3.58. The Morgan fingerprint density at radius 2 is 2.06 bits per heavy atom. The van der Waals surface area contributed by atoms with E-state index in [0.717, 1.165) is 6.54 Å². The maximum absolute atomic E-state index is 5.73. The highest BCUT2D eigenvalue weighted by atomic mass is 79.9. The van der Waals surface area contributed by atoms with Gasteiger partial charge in [0.05, 0.1) is 0 Å². The van der Waals surface area contributed by atoms with E-state index in [1.54, 1.807) is 0 Å². The molecular formula is C13H21BrN2. The molecule has 0 bridgehead atoms. The van der Waals surface area contributed by atoms with Gasteiger partial charge in [-0.05, 0) is 30.0 Å². The highest BCUT2D eigenvalue weighted by Gasteiger charge is 2.11. The molecule has 0 radical (unpaired) electrons. The molecule has 1 aromatic carbocycles. The van der Waals surface area contributed by atoms with Crippen molar-refractivity contribution in [2.75, 3.05) is 6.54 Å². The Balaban J connectivity index is 2.64. The third-order valence-electron chi connectivity index (χ3n) is 2.99. The van der Waals surface area contributed by atoms with Crippen molar-refractivity contribution in [2.24, 2.45) is 11.7 Å². The van der Waals surface area contributed by atoms with Crippen LogP contribution < -0.4 is 11.1 Å². The Morgan fingerprint density at radius 3 is 2.62 bits per heavy atom. The van der Waals surface area contributed by atoms with E-state index >= 15 is 0 Å². The Hall–Kier alpha value is -0.380. The lowest BCUT2D eigenvalue weighted by Crippen LogP contribution is -2.39. The number of nitrogens with two attached hydrogens (primary N) is 1. The Bertz CT molecular complexity index is 337. The SMILES string of the molecule is Cc1c(Br)cccc1CNC(CN)C(C)C. The van der Waals surface area contributed by atoms with Gasteiger partial charge in [0.15, 0.2) is 0 Å². The van der Waals surface area contributed by atoms with Gasteiger partial charge in [0, 0.05) is 23.6 Å². The molecule has 0 spiro atoms. The molecule has 0 aliphatic heterocycles. The first-order valence-corrected chi connectivity index (χ1v) is 6.53. The molecule has 2 nitrogen and oxygen atoms in total. The standard InChI is InChI=1S/C13H21BrN2/c1-9(2)13(7-15)16-8-11-5-4-6-12(14)10(11)3/h4-6,9,13,16H,7-8,15H2,1-3H3. The molecule has 0 amide bonds. The predicted octanol–water partition coefficient (Wildman–Crippen LogP) is 2.83. The molecular weight excluding hydrogens is 264 g/mol. The van der Waals surface area contributed by atoms with E-state index in [1.165, 1.54) is 15.6 Å². The zero-order valence-corrected chi connectivity index (χ0v) is 11.8. The largest absolute Gasteiger partial charge is 0.329 e. The van der Waals surface area contributed by atoms with Gasteiger partial charge in [-0.25, -0.2) is 0 Å². The summed E-state index contributed by atoms with van der Waals surface area (Å²) >= 11 is 3.55. The lowest BCUT2D eigenvalue weighted by molar-refractivity contribution is 0.404. The van der Waals surface area contributed by atoms with Gasteiger partial charge < -0.3 is 11.1 Å². The van der Waals surface area contributed by atoms with Crippen LogP contribution in [0.15, 0.2) is 22.7 Å². The van der Waals surface area contributed by atoms with Crippen molar-refractivity contribution < 1.29 is 0 Å². The summed E-state index contributed by atoms with van der Waals surface area (Å²) in [6.07, 6.45) is 0. The zero-order chi connectivity index (χ0) is 12.1. The van der Waals surface area contributed by atoms with E-state index in [1.807, 2.05) is 0 Å². The van der Waals surface area contributed by atoms with E-state index < -0.39 is 0 Å². The summed E-state index contributed by atoms with van der Waals surface area (Å²) < 4.78 is 1.17. The fourth-order valence-corrected chi connectivity index (χ4v) is 2.08. The van der Waals surface area contributed by atoms with Crippen LogP contribution in [-0.4, -0.2) is 12.6 Å². The topological polar surface area (TPSA) is 38.0 Å². The van der Waals surface area contributed by atoms with Gasteiger partial charge in [-0.15, -0.1) is 0 Å². The third-order valence-corrected chi connectivity index (χ3v) is 3.85. The average Bonchev–Trinajstić information content (AvgIpc) is 2.24. The summed E-state index contributed by atoms with van der Waals surface area (Å²) in [5.74, 6) is 0.567. The van der Waals surface area contributed by atoms with Crippen molar-refractivity contribution in [2.45, 2.75) is 33.4 Å². The van der Waals surface area contributed by atoms with Crippen molar-refractivity contribution in [3.63, 3.8) is 0 Å². The van der Waals surface area contributed by atoms with Crippen LogP contribution >= 0.6 is 15.9 Å². The number of benzene rings is 1. The van der Waals surface area contributed by atoms with Gasteiger partial charge in [-0.3, -0.25) is 0 Å². The van der Waals surface area contributed by atoms with E-state index in [9.17, 15) is 0 Å². The molecule has 0 aromatic heterocycles. The first-order valence-electron chi connectivity index (χ1n) is 5.73. The van der Waals surface area contributed by atoms with Gasteiger partial charge in [0.1, 0.15) is 0 Å². The Morgan fingerprint density at radius 1 is 1.38 bits per heavy atom. The lowest BCUT2D eigenvalue weighted by atomic mass is 10.0. The summed E-state index contributed by atoms with van der Waals surface area (Å²) in [5, 5.41) is 3.51. The second kappa shape index (κ2) is 6.38. The quantitative estimate of drug-likeness (QED) is 0.873. The molecule has 1 unspecified atom stereocenters. The molecule has 0 heterocycles. The van der Waals surface area contributed by atoms with Crippen LogP contribution in [0.5, 0.6) is 0 Å². The minimum absolute atomic E-state index is 0.387. The summed E-state index contributed by atoms with van der Waals surface area (Å²) in [6, 6.07) is 6.68. The molecule has 0 saturated heterocycles. The number of rotatable bonds is 5. The molecule has 16 heavy (non-hydrogen) atoms. The molecule has 3 heteroatoms. The van der Waals surface area contributed by atoms with Gasteiger partial charge in [0.25, 0.3) is 0 Å². The van der Waals surface area contributed by atoms with E-state index in [-0.39, 0.29) is 0 Å². The van der Waals surface area contributed by atoms with Gasteiger partial charge in [-0.2, -0.15) is 0 Å². The maximum atomic E-state index is 5.73. The molecule has 1 atom stereocenters. The molecule has 3 N–H and O–H groups in total. The van der Waals surface area contributed by atoms with Crippen molar-refractivity contribution in [1.29, 1.82) is 0 Å². The van der Waals surface area contributed by atoms with Crippen LogP contribution in [0.3, 0.4) is 0 Å². The number of hydrogen-bond acceptors (Lipinski definition) is 2. The van der Waals surface area contributed by atoms with Crippen LogP contribution in [0.25, 0.3) is 0 Å². The normalized spacial score (nSPS) is 13.1. The number of nitrogens with one attached hydrogen (secondary N) is 1. The fraction of sp³-hybridized carbons (Fsp3) is 0.538. The van der Waals surface area contributed by atoms with E-state index in [4.69, 9.17) is 5.73 Å². The molecule has 0 aliphatic carbocycles. The maximum Gasteiger partial charge on any atom is 0.0216 e. The fourth-order valence-electron chi connectivity index (χ4n) is 1.68. The Kier molecular flexibility index (Phi) is 5.46. The summed E-state index contributed by atoms with van der Waals surface area (Å²) in [7, 11) is 0. The monoisotopic (exact) mass is 284 g/mol. The summed E-state index contributed by atoms with van der Waals surface area (Å²) in [4.78, 5) is 0. The second-order valence-electron chi connectivity index (χ2n) is 4.49. The zero-order valence-electron chi connectivity index (χ0n) is 10.3. The van der Waals surface area contributed by atoms with Crippen LogP contribution in [0, 0.1) is 12.8 Å². The lowest BCUT2D eigenvalue weighted by Gasteiger charge is -2.21. The molecule has 90 valence electrons. The predicted molar refractivity (Wildman–Crippen MR) is 73.4 cm³/mol. The molecule has 0 aliphatic rings. The van der Waals surface area contributed by atoms with Crippen molar-refractivity contribution in [3.8, 4) is 0 Å². The molecule has 1 rings (SSSR count). The van der Waals surface area contributed by atoms with Gasteiger partial charge >= 0.3 is 0 Å². The first kappa shape index (κ1) is 13.7. The summed E-state index contributed by atoms with van der Waals surface area (Å²) in [6.45, 7) is 8.08. The molecule has 1 aromatic rings. The van der Waals surface area contributed by atoms with Crippen LogP contribution in [0.4, 0.5) is 0 Å². The van der Waals surface area contributed by atoms with Crippen LogP contribution in [0.2, 0.25) is 0 Å². The average molecular weight is 285 g/mol. The van der Waals surface area contributed by atoms with E-state index in [2.05, 4.69) is 60.2 Å². The number of halogens is 1.